The number of aldehydes is 1. The molecule has 3 heteroatoms. The van der Waals surface area contributed by atoms with Crippen LogP contribution in [0.3, 0.4) is 0 Å². The Bertz CT molecular complexity index is 785. The minimum atomic E-state index is -0.286. The third-order valence-corrected chi connectivity index (χ3v) is 3.62. The first-order chi connectivity index (χ1) is 11.8. The highest BCUT2D eigenvalue weighted by Crippen LogP contribution is 2.34. The first-order valence-electron chi connectivity index (χ1n) is 7.64. The van der Waals surface area contributed by atoms with E-state index in [1.165, 1.54) is 6.08 Å². The number of rotatable bonds is 5. The number of carbonyl (C=O) groups excluding carboxylic acids is 1. The van der Waals surface area contributed by atoms with Gasteiger partial charge in [0.1, 0.15) is 0 Å². The van der Waals surface area contributed by atoms with Crippen molar-refractivity contribution in [3.63, 3.8) is 0 Å². The van der Waals surface area contributed by atoms with Gasteiger partial charge in [-0.3, -0.25) is 4.79 Å². The zero-order valence-electron chi connectivity index (χ0n) is 13.0. The van der Waals surface area contributed by atoms with Gasteiger partial charge in [-0.25, -0.2) is 0 Å². The van der Waals surface area contributed by atoms with Gasteiger partial charge in [-0.15, -0.1) is 0 Å². The van der Waals surface area contributed by atoms with Gasteiger partial charge in [0.25, 0.3) is 0 Å². The summed E-state index contributed by atoms with van der Waals surface area (Å²) in [7, 11) is 0. The molecular formula is C21H17NO2. The van der Waals surface area contributed by atoms with Crippen LogP contribution < -0.4 is 4.90 Å². The molecule has 0 amide bonds. The van der Waals surface area contributed by atoms with Crippen LogP contribution in [-0.2, 0) is 4.79 Å². The molecule has 24 heavy (non-hydrogen) atoms. The Morgan fingerprint density at radius 1 is 0.708 bits per heavy atom. The van der Waals surface area contributed by atoms with E-state index in [2.05, 4.69) is 29.2 Å². The topological polar surface area (TPSA) is 40.5 Å². The summed E-state index contributed by atoms with van der Waals surface area (Å²) >= 11 is 0. The van der Waals surface area contributed by atoms with Crippen LogP contribution in [0.1, 0.15) is 5.56 Å². The summed E-state index contributed by atoms with van der Waals surface area (Å²) in [5, 5.41) is 9.33. The molecule has 0 unspecified atom stereocenters. The number of anilines is 3. The molecule has 3 rings (SSSR count). The lowest BCUT2D eigenvalue weighted by Crippen LogP contribution is -2.09. The molecule has 0 heterocycles. The molecule has 0 spiro atoms. The molecule has 0 saturated heterocycles. The van der Waals surface area contributed by atoms with E-state index in [0.29, 0.717) is 6.29 Å². The molecule has 0 aliphatic carbocycles. The van der Waals surface area contributed by atoms with Crippen molar-refractivity contribution in [3.05, 3.63) is 96.3 Å². The van der Waals surface area contributed by atoms with E-state index in [1.807, 2.05) is 60.7 Å². The van der Waals surface area contributed by atoms with Gasteiger partial charge in [0.15, 0.2) is 12.0 Å². The molecule has 3 aromatic rings. The van der Waals surface area contributed by atoms with Gasteiger partial charge in [0.2, 0.25) is 0 Å². The summed E-state index contributed by atoms with van der Waals surface area (Å²) in [5.41, 5.74) is 3.88. The third-order valence-electron chi connectivity index (χ3n) is 3.62. The zero-order chi connectivity index (χ0) is 16.8. The van der Waals surface area contributed by atoms with Crippen LogP contribution in [0.15, 0.2) is 90.7 Å². The van der Waals surface area contributed by atoms with E-state index < -0.39 is 0 Å². The quantitative estimate of drug-likeness (QED) is 0.397. The maximum atomic E-state index is 10.5. The fourth-order valence-corrected chi connectivity index (χ4v) is 2.53. The number of hydrogen-bond donors (Lipinski definition) is 1. The normalized spacial score (nSPS) is 11.1. The van der Waals surface area contributed by atoms with Gasteiger partial charge in [-0.1, -0.05) is 48.5 Å². The summed E-state index contributed by atoms with van der Waals surface area (Å²) in [6.45, 7) is 0. The number of aliphatic hydroxyl groups excluding tert-OH is 1. The molecule has 0 radical (unpaired) electrons. The van der Waals surface area contributed by atoms with Crippen LogP contribution in [0, 0.1) is 0 Å². The molecule has 1 N–H and O–H groups in total. The van der Waals surface area contributed by atoms with Crippen molar-refractivity contribution >= 4 is 29.4 Å². The summed E-state index contributed by atoms with van der Waals surface area (Å²) in [6.07, 6.45) is 1.86. The number of hydrogen-bond acceptors (Lipinski definition) is 3. The van der Waals surface area contributed by atoms with Crippen molar-refractivity contribution in [3.8, 4) is 0 Å². The number of nitrogens with zero attached hydrogens (tertiary/aromatic N) is 1. The molecular weight excluding hydrogens is 298 g/mol. The predicted molar refractivity (Wildman–Crippen MR) is 97.8 cm³/mol. The average molecular weight is 315 g/mol. The maximum absolute atomic E-state index is 10.5. The summed E-state index contributed by atoms with van der Waals surface area (Å²) in [6, 6.07) is 27.9. The van der Waals surface area contributed by atoms with Crippen LogP contribution in [-0.4, -0.2) is 11.4 Å². The highest BCUT2D eigenvalue weighted by atomic mass is 16.3. The second-order valence-electron chi connectivity index (χ2n) is 5.29. The minimum absolute atomic E-state index is 0.286. The van der Waals surface area contributed by atoms with Crippen molar-refractivity contribution in [2.75, 3.05) is 4.90 Å². The van der Waals surface area contributed by atoms with Crippen LogP contribution in [0.4, 0.5) is 17.1 Å². The van der Waals surface area contributed by atoms with E-state index in [4.69, 9.17) is 0 Å². The van der Waals surface area contributed by atoms with Crippen molar-refractivity contribution in [1.82, 2.24) is 0 Å². The molecule has 3 aromatic carbocycles. The predicted octanol–water partition coefficient (Wildman–Crippen LogP) is 5.25. The third kappa shape index (κ3) is 3.52. The number of benzene rings is 3. The molecule has 3 nitrogen and oxygen atoms in total. The Labute approximate surface area is 141 Å². The van der Waals surface area contributed by atoms with Gasteiger partial charge in [0.05, 0.1) is 0 Å². The van der Waals surface area contributed by atoms with E-state index in [0.717, 1.165) is 22.6 Å². The lowest BCUT2D eigenvalue weighted by atomic mass is 10.1. The molecule has 0 atom stereocenters. The van der Waals surface area contributed by atoms with Gasteiger partial charge in [-0.05, 0) is 48.0 Å². The van der Waals surface area contributed by atoms with Gasteiger partial charge in [0, 0.05) is 17.1 Å². The van der Waals surface area contributed by atoms with Gasteiger partial charge < -0.3 is 10.0 Å². The Morgan fingerprint density at radius 3 is 1.62 bits per heavy atom. The fraction of sp³-hybridized carbons (Fsp3) is 0. The molecule has 0 fully saturated rings. The largest absolute Gasteiger partial charge is 0.505 e. The molecule has 0 aromatic heterocycles. The van der Waals surface area contributed by atoms with E-state index in [1.54, 1.807) is 0 Å². The maximum Gasteiger partial charge on any atom is 0.184 e. The van der Waals surface area contributed by atoms with E-state index in [9.17, 15) is 9.90 Å². The monoisotopic (exact) mass is 315 g/mol. The van der Waals surface area contributed by atoms with Crippen LogP contribution in [0.25, 0.3) is 6.08 Å². The number of para-hydroxylation sites is 2. The standard InChI is InChI=1S/C21H17NO2/c23-16-21(24)15-17-11-13-20(14-12-17)22(18-7-3-1-4-8-18)19-9-5-2-6-10-19/h1-16,24H/b21-15+. The lowest BCUT2D eigenvalue weighted by molar-refractivity contribution is -0.106. The summed E-state index contributed by atoms with van der Waals surface area (Å²) < 4.78 is 0. The first kappa shape index (κ1) is 15.6. The number of aliphatic hydroxyl groups is 1. The second kappa shape index (κ2) is 7.29. The lowest BCUT2D eigenvalue weighted by Gasteiger charge is -2.25. The van der Waals surface area contributed by atoms with Crippen molar-refractivity contribution < 1.29 is 9.90 Å². The molecule has 0 saturated carbocycles. The Morgan fingerprint density at radius 2 is 1.17 bits per heavy atom. The van der Waals surface area contributed by atoms with Gasteiger partial charge >= 0.3 is 0 Å². The molecule has 0 bridgehead atoms. The molecule has 0 aliphatic rings. The highest BCUT2D eigenvalue weighted by molar-refractivity contribution is 5.80. The van der Waals surface area contributed by atoms with Crippen LogP contribution in [0.5, 0.6) is 0 Å². The van der Waals surface area contributed by atoms with E-state index >= 15 is 0 Å². The Hall–Kier alpha value is -3.33. The smallest absolute Gasteiger partial charge is 0.184 e. The van der Waals surface area contributed by atoms with Crippen LogP contribution >= 0.6 is 0 Å². The van der Waals surface area contributed by atoms with E-state index in [-0.39, 0.29) is 5.76 Å². The van der Waals surface area contributed by atoms with Crippen molar-refractivity contribution in [2.45, 2.75) is 0 Å². The second-order valence-corrected chi connectivity index (χ2v) is 5.29. The highest BCUT2D eigenvalue weighted by Gasteiger charge is 2.11. The number of allylic oxidation sites excluding steroid dienone is 1. The van der Waals surface area contributed by atoms with Crippen molar-refractivity contribution in [2.24, 2.45) is 0 Å². The summed E-state index contributed by atoms with van der Waals surface area (Å²) in [5.74, 6) is -0.286. The van der Waals surface area contributed by atoms with Gasteiger partial charge in [-0.2, -0.15) is 0 Å². The molecule has 0 aliphatic heterocycles. The van der Waals surface area contributed by atoms with Crippen LogP contribution in [0.2, 0.25) is 0 Å². The molecule has 118 valence electrons. The fourth-order valence-electron chi connectivity index (χ4n) is 2.53. The number of carbonyl (C=O) groups is 1. The minimum Gasteiger partial charge on any atom is -0.505 e. The Balaban J connectivity index is 2.02. The SMILES string of the molecule is O=C/C(O)=C\c1ccc(N(c2ccccc2)c2ccccc2)cc1. The summed E-state index contributed by atoms with van der Waals surface area (Å²) in [4.78, 5) is 12.7. The van der Waals surface area contributed by atoms with Crippen molar-refractivity contribution in [1.29, 1.82) is 0 Å². The Kier molecular flexibility index (Phi) is 4.73. The zero-order valence-corrected chi connectivity index (χ0v) is 13.0. The average Bonchev–Trinajstić information content (AvgIpc) is 2.65. The first-order valence-corrected chi connectivity index (χ1v) is 7.64.